The zero-order valence-electron chi connectivity index (χ0n) is 8.01. The number of carboxylic acid groups (broad SMARTS) is 1. The molecule has 3 N–H and O–H groups in total. The van der Waals surface area contributed by atoms with Crippen LogP contribution in [0.3, 0.4) is 0 Å². The molecule has 3 rings (SSSR count). The highest BCUT2D eigenvalue weighted by Crippen LogP contribution is 2.39. The molecule has 1 aliphatic rings. The fourth-order valence-corrected chi connectivity index (χ4v) is 1.89. The molecule has 2 aromatic heterocycles. The molecule has 0 saturated heterocycles. The van der Waals surface area contributed by atoms with E-state index in [4.69, 9.17) is 19.9 Å². The standard InChI is InChI=1S/C9H7N3O4/c10-4-1-5-3(2-11-15-5)8-6(4)7(9(13)14)12-16-8/h2,4H,1,10H2,(H,13,14). The SMILES string of the molecule is NC1Cc2oncc2-c2onc(C(=O)O)c21. The van der Waals surface area contributed by atoms with Gasteiger partial charge in [0.1, 0.15) is 5.76 Å². The van der Waals surface area contributed by atoms with Crippen LogP contribution in [0.2, 0.25) is 0 Å². The third-order valence-corrected chi connectivity index (χ3v) is 2.60. The number of aromatic carboxylic acids is 1. The molecule has 0 spiro atoms. The van der Waals surface area contributed by atoms with Gasteiger partial charge in [0.05, 0.1) is 17.3 Å². The van der Waals surface area contributed by atoms with Gasteiger partial charge in [-0.05, 0) is 0 Å². The van der Waals surface area contributed by atoms with Gasteiger partial charge in [-0.1, -0.05) is 10.3 Å². The average Bonchev–Trinajstić information content (AvgIpc) is 2.80. The first-order chi connectivity index (χ1) is 7.68. The van der Waals surface area contributed by atoms with E-state index < -0.39 is 12.0 Å². The number of fused-ring (bicyclic) bond motifs is 3. The van der Waals surface area contributed by atoms with Crippen molar-refractivity contribution in [3.8, 4) is 11.3 Å². The monoisotopic (exact) mass is 221 g/mol. The van der Waals surface area contributed by atoms with Gasteiger partial charge in [-0.25, -0.2) is 4.79 Å². The Morgan fingerprint density at radius 3 is 3.12 bits per heavy atom. The number of hydrogen-bond donors (Lipinski definition) is 2. The van der Waals surface area contributed by atoms with E-state index >= 15 is 0 Å². The van der Waals surface area contributed by atoms with Crippen LogP contribution in [0.15, 0.2) is 15.2 Å². The minimum absolute atomic E-state index is 0.144. The number of nitrogens with zero attached hydrogens (tertiary/aromatic N) is 2. The van der Waals surface area contributed by atoms with E-state index in [0.717, 1.165) is 0 Å². The van der Waals surface area contributed by atoms with Gasteiger partial charge in [0.2, 0.25) is 0 Å². The van der Waals surface area contributed by atoms with Gasteiger partial charge in [0.25, 0.3) is 0 Å². The quantitative estimate of drug-likeness (QED) is 0.723. The minimum Gasteiger partial charge on any atom is -0.476 e. The first-order valence-corrected chi connectivity index (χ1v) is 4.61. The van der Waals surface area contributed by atoms with E-state index in [2.05, 4.69) is 10.3 Å². The number of carboxylic acids is 1. The summed E-state index contributed by atoms with van der Waals surface area (Å²) in [4.78, 5) is 10.9. The fraction of sp³-hybridized carbons (Fsp3) is 0.222. The van der Waals surface area contributed by atoms with Crippen LogP contribution in [0.1, 0.15) is 27.9 Å². The Labute approximate surface area is 88.8 Å². The molecule has 82 valence electrons. The summed E-state index contributed by atoms with van der Waals surface area (Å²) in [6.45, 7) is 0. The molecule has 0 aromatic carbocycles. The van der Waals surface area contributed by atoms with Crippen LogP contribution in [-0.2, 0) is 6.42 Å². The lowest BCUT2D eigenvalue weighted by atomic mass is 9.91. The van der Waals surface area contributed by atoms with E-state index in [1.807, 2.05) is 0 Å². The van der Waals surface area contributed by atoms with Gasteiger partial charge < -0.3 is 19.9 Å². The number of rotatable bonds is 1. The third kappa shape index (κ3) is 1.03. The summed E-state index contributed by atoms with van der Waals surface area (Å²) in [5.41, 5.74) is 6.74. The number of aromatic nitrogens is 2. The maximum absolute atomic E-state index is 10.9. The molecule has 0 radical (unpaired) electrons. The van der Waals surface area contributed by atoms with Crippen molar-refractivity contribution < 1.29 is 18.9 Å². The predicted molar refractivity (Wildman–Crippen MR) is 49.6 cm³/mol. The Hall–Kier alpha value is -2.15. The van der Waals surface area contributed by atoms with Crippen LogP contribution in [0.4, 0.5) is 0 Å². The van der Waals surface area contributed by atoms with Crippen LogP contribution in [0, 0.1) is 0 Å². The fourth-order valence-electron chi connectivity index (χ4n) is 1.89. The highest BCUT2D eigenvalue weighted by molar-refractivity contribution is 5.90. The molecular formula is C9H7N3O4. The molecule has 0 aliphatic heterocycles. The molecular weight excluding hydrogens is 214 g/mol. The summed E-state index contributed by atoms with van der Waals surface area (Å²) in [6.07, 6.45) is 1.86. The van der Waals surface area contributed by atoms with Gasteiger partial charge in [-0.2, -0.15) is 0 Å². The maximum Gasteiger partial charge on any atom is 0.358 e. The third-order valence-electron chi connectivity index (χ3n) is 2.60. The smallest absolute Gasteiger partial charge is 0.358 e. The van der Waals surface area contributed by atoms with Crippen molar-refractivity contribution in [3.63, 3.8) is 0 Å². The molecule has 7 nitrogen and oxygen atoms in total. The van der Waals surface area contributed by atoms with Crippen LogP contribution < -0.4 is 5.73 Å². The van der Waals surface area contributed by atoms with Crippen molar-refractivity contribution in [3.05, 3.63) is 23.2 Å². The van der Waals surface area contributed by atoms with Gasteiger partial charge in [0.15, 0.2) is 11.5 Å². The van der Waals surface area contributed by atoms with Gasteiger partial charge >= 0.3 is 5.97 Å². The number of carbonyl (C=O) groups is 1. The van der Waals surface area contributed by atoms with Gasteiger partial charge in [0, 0.05) is 12.5 Å². The van der Waals surface area contributed by atoms with Crippen molar-refractivity contribution in [2.24, 2.45) is 5.73 Å². The largest absolute Gasteiger partial charge is 0.476 e. The van der Waals surface area contributed by atoms with Crippen LogP contribution >= 0.6 is 0 Å². The summed E-state index contributed by atoms with van der Waals surface area (Å²) in [6, 6.07) is -0.493. The number of nitrogens with two attached hydrogens (primary N) is 1. The Bertz CT molecular complexity index is 571. The molecule has 1 aliphatic carbocycles. The zero-order valence-corrected chi connectivity index (χ0v) is 8.01. The molecule has 1 atom stereocenters. The maximum atomic E-state index is 10.9. The molecule has 1 unspecified atom stereocenters. The van der Waals surface area contributed by atoms with E-state index in [-0.39, 0.29) is 5.69 Å². The van der Waals surface area contributed by atoms with Crippen LogP contribution in [0.5, 0.6) is 0 Å². The molecule has 2 heterocycles. The normalized spacial score (nSPS) is 17.9. The van der Waals surface area contributed by atoms with E-state index in [1.54, 1.807) is 0 Å². The molecule has 0 saturated carbocycles. The second kappa shape index (κ2) is 2.92. The lowest BCUT2D eigenvalue weighted by molar-refractivity contribution is 0.0684. The second-order valence-corrected chi connectivity index (χ2v) is 3.55. The van der Waals surface area contributed by atoms with Gasteiger partial charge in [-0.3, -0.25) is 0 Å². The van der Waals surface area contributed by atoms with E-state index in [0.29, 0.717) is 29.1 Å². The van der Waals surface area contributed by atoms with Crippen molar-refractivity contribution in [1.82, 2.24) is 10.3 Å². The first-order valence-electron chi connectivity index (χ1n) is 4.61. The summed E-state index contributed by atoms with van der Waals surface area (Å²) in [7, 11) is 0. The molecule has 0 amide bonds. The lowest BCUT2D eigenvalue weighted by Crippen LogP contribution is -2.19. The Balaban J connectivity index is 2.27. The van der Waals surface area contributed by atoms with Gasteiger partial charge in [-0.15, -0.1) is 0 Å². The lowest BCUT2D eigenvalue weighted by Gasteiger charge is -2.14. The Morgan fingerprint density at radius 1 is 1.56 bits per heavy atom. The molecule has 0 bridgehead atoms. The summed E-state index contributed by atoms with van der Waals surface area (Å²) in [5, 5.41) is 16.1. The van der Waals surface area contributed by atoms with Crippen LogP contribution in [-0.4, -0.2) is 21.4 Å². The highest BCUT2D eigenvalue weighted by Gasteiger charge is 2.34. The topological polar surface area (TPSA) is 115 Å². The summed E-state index contributed by atoms with van der Waals surface area (Å²) in [5.74, 6) is -0.221. The van der Waals surface area contributed by atoms with Crippen molar-refractivity contribution in [2.75, 3.05) is 0 Å². The minimum atomic E-state index is -1.15. The zero-order chi connectivity index (χ0) is 11.3. The molecule has 7 heteroatoms. The second-order valence-electron chi connectivity index (χ2n) is 3.55. The average molecular weight is 221 g/mol. The Kier molecular flexibility index (Phi) is 1.66. The van der Waals surface area contributed by atoms with E-state index in [1.165, 1.54) is 6.20 Å². The van der Waals surface area contributed by atoms with Crippen LogP contribution in [0.25, 0.3) is 11.3 Å². The summed E-state index contributed by atoms with van der Waals surface area (Å²) < 4.78 is 9.98. The first kappa shape index (κ1) is 9.10. The van der Waals surface area contributed by atoms with Crippen molar-refractivity contribution in [1.29, 1.82) is 0 Å². The van der Waals surface area contributed by atoms with Crippen molar-refractivity contribution in [2.45, 2.75) is 12.5 Å². The van der Waals surface area contributed by atoms with E-state index in [9.17, 15) is 4.79 Å². The summed E-state index contributed by atoms with van der Waals surface area (Å²) >= 11 is 0. The van der Waals surface area contributed by atoms with Crippen molar-refractivity contribution >= 4 is 5.97 Å². The molecule has 2 aromatic rings. The Morgan fingerprint density at radius 2 is 2.38 bits per heavy atom. The number of hydrogen-bond acceptors (Lipinski definition) is 6. The molecule has 16 heavy (non-hydrogen) atoms. The predicted octanol–water partition coefficient (Wildman–Crippen LogP) is 0.584. The highest BCUT2D eigenvalue weighted by atomic mass is 16.5. The molecule has 0 fully saturated rings.